The highest BCUT2D eigenvalue weighted by Crippen LogP contribution is 2.25. The van der Waals surface area contributed by atoms with E-state index in [1.807, 2.05) is 0 Å². The van der Waals surface area contributed by atoms with Gasteiger partial charge in [0.15, 0.2) is 6.10 Å². The van der Waals surface area contributed by atoms with E-state index in [0.717, 1.165) is 25.7 Å². The van der Waals surface area contributed by atoms with Crippen molar-refractivity contribution in [3.05, 3.63) is 23.8 Å². The number of carboxylic acid groups (broad SMARTS) is 1. The highest BCUT2D eigenvalue weighted by molar-refractivity contribution is 5.97. The molecule has 0 bridgehead atoms. The fraction of sp³-hybridized carbons (Fsp3) is 0.467. The predicted octanol–water partition coefficient (Wildman–Crippen LogP) is 1.79. The van der Waals surface area contributed by atoms with Crippen LogP contribution < -0.4 is 15.8 Å². The number of carboxylic acids is 1. The molecule has 0 aromatic heterocycles. The summed E-state index contributed by atoms with van der Waals surface area (Å²) in [6, 6.07) is 4.78. The van der Waals surface area contributed by atoms with Crippen LogP contribution >= 0.6 is 0 Å². The summed E-state index contributed by atoms with van der Waals surface area (Å²) in [4.78, 5) is 23.3. The summed E-state index contributed by atoms with van der Waals surface area (Å²) >= 11 is 0. The largest absolute Gasteiger partial charge is 0.480 e. The Labute approximate surface area is 123 Å². The lowest BCUT2D eigenvalue weighted by Gasteiger charge is -2.19. The van der Waals surface area contributed by atoms with Crippen LogP contribution in [0.4, 0.5) is 5.69 Å². The minimum absolute atomic E-state index is 0.108. The van der Waals surface area contributed by atoms with Crippen molar-refractivity contribution in [1.82, 2.24) is 5.32 Å². The second-order valence-corrected chi connectivity index (χ2v) is 5.28. The SMILES string of the molecule is CC(Oc1cccc(N)c1C(=O)O)C(=O)NC1CCCC1. The summed E-state index contributed by atoms with van der Waals surface area (Å²) < 4.78 is 5.49. The van der Waals surface area contributed by atoms with Crippen LogP contribution in [0.3, 0.4) is 0 Å². The van der Waals surface area contributed by atoms with E-state index in [1.165, 1.54) is 12.1 Å². The van der Waals surface area contributed by atoms with Crippen LogP contribution in [0.5, 0.6) is 5.75 Å². The molecule has 21 heavy (non-hydrogen) atoms. The maximum absolute atomic E-state index is 12.1. The molecule has 4 N–H and O–H groups in total. The number of rotatable bonds is 5. The van der Waals surface area contributed by atoms with E-state index in [1.54, 1.807) is 13.0 Å². The fourth-order valence-corrected chi connectivity index (χ4v) is 2.51. The normalized spacial score (nSPS) is 16.4. The van der Waals surface area contributed by atoms with E-state index in [0.29, 0.717) is 0 Å². The van der Waals surface area contributed by atoms with Crippen molar-refractivity contribution in [1.29, 1.82) is 0 Å². The number of carbonyl (C=O) groups is 2. The molecule has 1 atom stereocenters. The number of aromatic carboxylic acids is 1. The minimum atomic E-state index is -1.17. The van der Waals surface area contributed by atoms with Gasteiger partial charge in [0.1, 0.15) is 11.3 Å². The van der Waals surface area contributed by atoms with Crippen LogP contribution in [0.1, 0.15) is 43.0 Å². The van der Waals surface area contributed by atoms with E-state index < -0.39 is 12.1 Å². The van der Waals surface area contributed by atoms with Gasteiger partial charge in [-0.05, 0) is 31.9 Å². The first-order chi connectivity index (χ1) is 9.99. The summed E-state index contributed by atoms with van der Waals surface area (Å²) in [6.45, 7) is 1.60. The summed E-state index contributed by atoms with van der Waals surface area (Å²) in [6.07, 6.45) is 3.44. The highest BCUT2D eigenvalue weighted by Gasteiger charge is 2.23. The second kappa shape index (κ2) is 6.47. The van der Waals surface area contributed by atoms with Gasteiger partial charge in [0, 0.05) is 11.7 Å². The molecule has 0 radical (unpaired) electrons. The van der Waals surface area contributed by atoms with Crippen molar-refractivity contribution in [3.8, 4) is 5.75 Å². The van der Waals surface area contributed by atoms with Crippen LogP contribution in [-0.4, -0.2) is 29.1 Å². The summed E-state index contributed by atoms with van der Waals surface area (Å²) in [5.74, 6) is -1.30. The number of nitrogen functional groups attached to an aromatic ring is 1. The lowest BCUT2D eigenvalue weighted by atomic mass is 10.1. The van der Waals surface area contributed by atoms with Gasteiger partial charge >= 0.3 is 5.97 Å². The number of hydrogen-bond acceptors (Lipinski definition) is 4. The first-order valence-corrected chi connectivity index (χ1v) is 7.08. The molecule has 1 aliphatic carbocycles. The van der Waals surface area contributed by atoms with Crippen LogP contribution in [0, 0.1) is 0 Å². The van der Waals surface area contributed by atoms with E-state index in [2.05, 4.69) is 5.32 Å². The number of carbonyl (C=O) groups excluding carboxylic acids is 1. The van der Waals surface area contributed by atoms with E-state index in [-0.39, 0.29) is 28.9 Å². The first-order valence-electron chi connectivity index (χ1n) is 7.08. The van der Waals surface area contributed by atoms with E-state index >= 15 is 0 Å². The number of benzene rings is 1. The Hall–Kier alpha value is -2.24. The van der Waals surface area contributed by atoms with Gasteiger partial charge in [-0.1, -0.05) is 18.9 Å². The smallest absolute Gasteiger partial charge is 0.341 e. The Morgan fingerprint density at radius 1 is 1.38 bits per heavy atom. The Bertz CT molecular complexity index is 538. The molecule has 1 aromatic carbocycles. The molecule has 114 valence electrons. The molecule has 1 unspecified atom stereocenters. The number of hydrogen-bond donors (Lipinski definition) is 3. The lowest BCUT2D eigenvalue weighted by molar-refractivity contribution is -0.128. The van der Waals surface area contributed by atoms with Gasteiger partial charge in [-0.2, -0.15) is 0 Å². The molecule has 0 heterocycles. The van der Waals surface area contributed by atoms with Gasteiger partial charge in [-0.3, -0.25) is 4.79 Å². The Morgan fingerprint density at radius 2 is 2.05 bits per heavy atom. The summed E-state index contributed by atoms with van der Waals surface area (Å²) in [7, 11) is 0. The second-order valence-electron chi connectivity index (χ2n) is 5.28. The van der Waals surface area contributed by atoms with Crippen LogP contribution in [0.15, 0.2) is 18.2 Å². The van der Waals surface area contributed by atoms with Gasteiger partial charge in [0.2, 0.25) is 0 Å². The van der Waals surface area contributed by atoms with Crippen molar-refractivity contribution in [3.63, 3.8) is 0 Å². The Kier molecular flexibility index (Phi) is 4.67. The molecule has 1 aromatic rings. The molecular formula is C15H20N2O4. The summed E-state index contributed by atoms with van der Waals surface area (Å²) in [5.41, 5.74) is 5.65. The maximum atomic E-state index is 12.1. The topological polar surface area (TPSA) is 102 Å². The van der Waals surface area contributed by atoms with E-state index in [4.69, 9.17) is 15.6 Å². The average Bonchev–Trinajstić information content (AvgIpc) is 2.91. The highest BCUT2D eigenvalue weighted by atomic mass is 16.5. The molecule has 6 nitrogen and oxygen atoms in total. The zero-order valence-electron chi connectivity index (χ0n) is 12.0. The third-order valence-corrected chi connectivity index (χ3v) is 3.65. The number of amides is 1. The molecule has 1 fully saturated rings. The molecule has 6 heteroatoms. The zero-order valence-corrected chi connectivity index (χ0v) is 12.0. The van der Waals surface area contributed by atoms with Gasteiger partial charge in [0.05, 0.1) is 0 Å². The van der Waals surface area contributed by atoms with Crippen molar-refractivity contribution < 1.29 is 19.4 Å². The van der Waals surface area contributed by atoms with Gasteiger partial charge in [-0.15, -0.1) is 0 Å². The molecule has 0 spiro atoms. The number of nitrogens with two attached hydrogens (primary N) is 1. The monoisotopic (exact) mass is 292 g/mol. The quantitative estimate of drug-likeness (QED) is 0.718. The van der Waals surface area contributed by atoms with Crippen LogP contribution in [-0.2, 0) is 4.79 Å². The number of anilines is 1. The third kappa shape index (κ3) is 3.65. The Morgan fingerprint density at radius 3 is 2.67 bits per heavy atom. The van der Waals surface area contributed by atoms with Crippen molar-refractivity contribution in [2.75, 3.05) is 5.73 Å². The first kappa shape index (κ1) is 15.2. The Balaban J connectivity index is 2.05. The van der Waals surface area contributed by atoms with Crippen molar-refractivity contribution >= 4 is 17.6 Å². The van der Waals surface area contributed by atoms with Gasteiger partial charge < -0.3 is 20.9 Å². The lowest BCUT2D eigenvalue weighted by Crippen LogP contribution is -2.41. The number of ether oxygens (including phenoxy) is 1. The van der Waals surface area contributed by atoms with Crippen molar-refractivity contribution in [2.45, 2.75) is 44.8 Å². The molecule has 2 rings (SSSR count). The van der Waals surface area contributed by atoms with Gasteiger partial charge in [-0.25, -0.2) is 4.79 Å². The minimum Gasteiger partial charge on any atom is -0.480 e. The molecule has 1 saturated carbocycles. The number of nitrogens with one attached hydrogen (secondary N) is 1. The maximum Gasteiger partial charge on any atom is 0.341 e. The standard InChI is InChI=1S/C15H20N2O4/c1-9(14(18)17-10-5-2-3-6-10)21-12-8-4-7-11(16)13(12)15(19)20/h4,7-10H,2-3,5-6,16H2,1H3,(H,17,18)(H,19,20). The summed E-state index contributed by atoms with van der Waals surface area (Å²) in [5, 5.41) is 12.1. The van der Waals surface area contributed by atoms with E-state index in [9.17, 15) is 9.59 Å². The van der Waals surface area contributed by atoms with Crippen molar-refractivity contribution in [2.24, 2.45) is 0 Å². The third-order valence-electron chi connectivity index (χ3n) is 3.65. The molecule has 1 amide bonds. The fourth-order valence-electron chi connectivity index (χ4n) is 2.51. The zero-order chi connectivity index (χ0) is 15.4. The predicted molar refractivity (Wildman–Crippen MR) is 78.3 cm³/mol. The average molecular weight is 292 g/mol. The molecule has 0 saturated heterocycles. The van der Waals surface area contributed by atoms with Gasteiger partial charge in [0.25, 0.3) is 5.91 Å². The molecule has 0 aliphatic heterocycles. The molecule has 1 aliphatic rings. The molecular weight excluding hydrogens is 272 g/mol. The van der Waals surface area contributed by atoms with Crippen LogP contribution in [0.25, 0.3) is 0 Å². The van der Waals surface area contributed by atoms with Crippen LogP contribution in [0.2, 0.25) is 0 Å².